The molecule has 1 amide bonds. The Balaban J connectivity index is 1.37. The minimum absolute atomic E-state index is 0.136. The smallest absolute Gasteiger partial charge is 0.264 e. The lowest BCUT2D eigenvalue weighted by atomic mass is 10.1. The van der Waals surface area contributed by atoms with Gasteiger partial charge in [0.15, 0.2) is 11.5 Å². The van der Waals surface area contributed by atoms with Crippen molar-refractivity contribution in [2.45, 2.75) is 12.6 Å². The van der Waals surface area contributed by atoms with Gasteiger partial charge in [0, 0.05) is 23.9 Å². The molecule has 1 atom stereocenters. The number of fused-ring (bicyclic) bond motifs is 1. The molecule has 0 radical (unpaired) electrons. The van der Waals surface area contributed by atoms with Crippen LogP contribution in [-0.2, 0) is 11.3 Å². The van der Waals surface area contributed by atoms with Crippen molar-refractivity contribution in [2.75, 3.05) is 6.61 Å². The summed E-state index contributed by atoms with van der Waals surface area (Å²) < 4.78 is 26.6. The number of nitrogens with zero attached hydrogens (tertiary/aromatic N) is 2. The molecular formula is C25H20FN3O3. The van der Waals surface area contributed by atoms with Gasteiger partial charge in [-0.2, -0.15) is 5.10 Å². The average molecular weight is 429 g/mol. The van der Waals surface area contributed by atoms with Crippen LogP contribution in [0, 0.1) is 5.82 Å². The van der Waals surface area contributed by atoms with Crippen molar-refractivity contribution in [3.8, 4) is 28.4 Å². The number of carbonyl (C=O) groups is 1. The molecule has 0 unspecified atom stereocenters. The Bertz CT molecular complexity index is 1240. The quantitative estimate of drug-likeness (QED) is 0.518. The van der Waals surface area contributed by atoms with Gasteiger partial charge in [-0.3, -0.25) is 4.79 Å². The maximum atomic E-state index is 13.4. The highest BCUT2D eigenvalue weighted by Crippen LogP contribution is 2.31. The van der Waals surface area contributed by atoms with Gasteiger partial charge in [0.1, 0.15) is 12.4 Å². The monoisotopic (exact) mass is 429 g/mol. The third-order valence-corrected chi connectivity index (χ3v) is 5.18. The number of benzene rings is 3. The molecule has 3 aromatic carbocycles. The fraction of sp³-hybridized carbons (Fsp3) is 0.120. The predicted octanol–water partition coefficient (Wildman–Crippen LogP) is 4.13. The molecule has 0 fully saturated rings. The summed E-state index contributed by atoms with van der Waals surface area (Å²) in [6.07, 6.45) is 1.12. The average Bonchev–Trinajstić information content (AvgIpc) is 3.27. The second-order valence-corrected chi connectivity index (χ2v) is 7.37. The third kappa shape index (κ3) is 4.05. The zero-order valence-corrected chi connectivity index (χ0v) is 17.1. The Morgan fingerprint density at radius 1 is 1.00 bits per heavy atom. The molecular weight excluding hydrogens is 409 g/mol. The number of aromatic nitrogens is 2. The van der Waals surface area contributed by atoms with E-state index in [2.05, 4.69) is 10.4 Å². The molecule has 0 saturated heterocycles. The highest BCUT2D eigenvalue weighted by molar-refractivity contribution is 5.82. The number of nitrogens with one attached hydrogen (secondary N) is 1. The van der Waals surface area contributed by atoms with E-state index in [4.69, 9.17) is 9.47 Å². The van der Waals surface area contributed by atoms with Gasteiger partial charge in [0.2, 0.25) is 6.10 Å². The molecule has 0 aliphatic carbocycles. The predicted molar refractivity (Wildman–Crippen MR) is 117 cm³/mol. The van der Waals surface area contributed by atoms with Crippen LogP contribution in [0.2, 0.25) is 0 Å². The van der Waals surface area contributed by atoms with Crippen LogP contribution in [-0.4, -0.2) is 28.4 Å². The Morgan fingerprint density at radius 2 is 1.72 bits per heavy atom. The molecule has 5 rings (SSSR count). The van der Waals surface area contributed by atoms with Crippen molar-refractivity contribution < 1.29 is 18.7 Å². The van der Waals surface area contributed by atoms with E-state index in [1.54, 1.807) is 28.9 Å². The van der Waals surface area contributed by atoms with Crippen LogP contribution >= 0.6 is 0 Å². The van der Waals surface area contributed by atoms with E-state index < -0.39 is 6.10 Å². The van der Waals surface area contributed by atoms with Crippen molar-refractivity contribution in [2.24, 2.45) is 0 Å². The van der Waals surface area contributed by atoms with Gasteiger partial charge in [-0.1, -0.05) is 30.3 Å². The van der Waals surface area contributed by atoms with Crippen LogP contribution < -0.4 is 14.8 Å². The second-order valence-electron chi connectivity index (χ2n) is 7.37. The number of hydrogen-bond acceptors (Lipinski definition) is 4. The summed E-state index contributed by atoms with van der Waals surface area (Å²) in [6.45, 7) is 0.372. The van der Waals surface area contributed by atoms with E-state index in [-0.39, 0.29) is 24.9 Å². The number of ether oxygens (including phenoxy) is 2. The van der Waals surface area contributed by atoms with Crippen LogP contribution in [0.4, 0.5) is 4.39 Å². The molecule has 6 nitrogen and oxygen atoms in total. The molecule has 1 aliphatic rings. The minimum atomic E-state index is -0.747. The minimum Gasteiger partial charge on any atom is -0.485 e. The first kappa shape index (κ1) is 19.8. The Hall–Kier alpha value is -4.13. The van der Waals surface area contributed by atoms with E-state index in [0.717, 1.165) is 16.8 Å². The molecule has 1 aliphatic heterocycles. The van der Waals surface area contributed by atoms with Gasteiger partial charge in [0.05, 0.1) is 11.4 Å². The van der Waals surface area contributed by atoms with E-state index in [1.165, 1.54) is 12.1 Å². The van der Waals surface area contributed by atoms with Crippen LogP contribution in [0.25, 0.3) is 16.9 Å². The van der Waals surface area contributed by atoms with Crippen LogP contribution in [0.15, 0.2) is 85.1 Å². The zero-order chi connectivity index (χ0) is 21.9. The summed E-state index contributed by atoms with van der Waals surface area (Å²) in [5.74, 6) is 0.569. The Morgan fingerprint density at radius 3 is 2.50 bits per heavy atom. The number of para-hydroxylation sites is 3. The number of amides is 1. The maximum absolute atomic E-state index is 13.4. The van der Waals surface area contributed by atoms with Crippen molar-refractivity contribution in [1.82, 2.24) is 15.1 Å². The lowest BCUT2D eigenvalue weighted by Gasteiger charge is -2.25. The van der Waals surface area contributed by atoms with E-state index >= 15 is 0 Å². The van der Waals surface area contributed by atoms with Gasteiger partial charge in [0.25, 0.3) is 5.91 Å². The van der Waals surface area contributed by atoms with E-state index in [9.17, 15) is 9.18 Å². The second kappa shape index (κ2) is 8.55. The van der Waals surface area contributed by atoms with E-state index in [0.29, 0.717) is 17.2 Å². The van der Waals surface area contributed by atoms with Gasteiger partial charge in [-0.15, -0.1) is 0 Å². The number of hydrogen-bond donors (Lipinski definition) is 1. The van der Waals surface area contributed by atoms with Crippen LogP contribution in [0.3, 0.4) is 0 Å². The Labute approximate surface area is 184 Å². The first-order chi connectivity index (χ1) is 15.7. The largest absolute Gasteiger partial charge is 0.485 e. The van der Waals surface area contributed by atoms with Crippen molar-refractivity contribution in [1.29, 1.82) is 0 Å². The SMILES string of the molecule is O=C(NCc1cn(-c2ccccc2)nc1-c1ccc(F)cc1)[C@H]1COc2ccccc2O1. The van der Waals surface area contributed by atoms with Gasteiger partial charge < -0.3 is 14.8 Å². The maximum Gasteiger partial charge on any atom is 0.264 e. The lowest BCUT2D eigenvalue weighted by Crippen LogP contribution is -2.43. The van der Waals surface area contributed by atoms with Gasteiger partial charge in [-0.25, -0.2) is 9.07 Å². The molecule has 2 heterocycles. The topological polar surface area (TPSA) is 65.4 Å². The summed E-state index contributed by atoms with van der Waals surface area (Å²) >= 11 is 0. The first-order valence-corrected chi connectivity index (χ1v) is 10.2. The molecule has 1 aromatic heterocycles. The van der Waals surface area contributed by atoms with Crippen molar-refractivity contribution >= 4 is 5.91 Å². The van der Waals surface area contributed by atoms with E-state index in [1.807, 2.05) is 48.7 Å². The molecule has 7 heteroatoms. The fourth-order valence-corrected chi connectivity index (χ4v) is 3.55. The molecule has 4 aromatic rings. The van der Waals surface area contributed by atoms with Crippen LogP contribution in [0.1, 0.15) is 5.56 Å². The Kier molecular flexibility index (Phi) is 5.29. The third-order valence-electron chi connectivity index (χ3n) is 5.18. The summed E-state index contributed by atoms with van der Waals surface area (Å²) in [4.78, 5) is 12.8. The summed E-state index contributed by atoms with van der Waals surface area (Å²) in [6, 6.07) is 23.0. The molecule has 160 valence electrons. The molecule has 32 heavy (non-hydrogen) atoms. The number of halogens is 1. The fourth-order valence-electron chi connectivity index (χ4n) is 3.55. The zero-order valence-electron chi connectivity index (χ0n) is 17.1. The summed E-state index contributed by atoms with van der Waals surface area (Å²) in [5, 5.41) is 7.60. The van der Waals surface area contributed by atoms with Gasteiger partial charge >= 0.3 is 0 Å². The lowest BCUT2D eigenvalue weighted by molar-refractivity contribution is -0.130. The highest BCUT2D eigenvalue weighted by Gasteiger charge is 2.27. The van der Waals surface area contributed by atoms with Crippen molar-refractivity contribution in [3.05, 3.63) is 96.4 Å². The first-order valence-electron chi connectivity index (χ1n) is 10.2. The molecule has 0 spiro atoms. The normalized spacial score (nSPS) is 14.7. The van der Waals surface area contributed by atoms with Crippen molar-refractivity contribution in [3.63, 3.8) is 0 Å². The standard InChI is InChI=1S/C25H20FN3O3/c26-19-12-10-17(11-13-19)24-18(15-29(28-24)20-6-2-1-3-7-20)14-27-25(30)23-16-31-21-8-4-5-9-22(21)32-23/h1-13,15,23H,14,16H2,(H,27,30)/t23-/m1/s1. The summed E-state index contributed by atoms with van der Waals surface area (Å²) in [7, 11) is 0. The van der Waals surface area contributed by atoms with Crippen LogP contribution in [0.5, 0.6) is 11.5 Å². The molecule has 1 N–H and O–H groups in total. The molecule has 0 saturated carbocycles. The summed E-state index contributed by atoms with van der Waals surface area (Å²) in [5.41, 5.74) is 3.11. The number of carbonyl (C=O) groups excluding carboxylic acids is 1. The molecule has 0 bridgehead atoms. The number of rotatable bonds is 5. The highest BCUT2D eigenvalue weighted by atomic mass is 19.1. The van der Waals surface area contributed by atoms with Gasteiger partial charge in [-0.05, 0) is 48.5 Å².